The fraction of sp³-hybridized carbons (Fsp3) is 0.300. The molecule has 0 radical (unpaired) electrons. The minimum absolute atomic E-state index is 1.10. The zero-order valence-electron chi connectivity index (χ0n) is 6.67. The number of fused-ring (bicyclic) bond motifs is 1. The summed E-state index contributed by atoms with van der Waals surface area (Å²) < 4.78 is 0. The molecular weight excluding hydrogens is 134 g/mol. The Morgan fingerprint density at radius 1 is 1.45 bits per heavy atom. The summed E-state index contributed by atoms with van der Waals surface area (Å²) in [6.07, 6.45) is 8.54. The molecule has 0 unspecified atom stereocenters. The monoisotopic (exact) mass is 145 g/mol. The Morgan fingerprint density at radius 3 is 3.18 bits per heavy atom. The van der Waals surface area contributed by atoms with Crippen LogP contribution in [0.15, 0.2) is 18.3 Å². The molecule has 0 aromatic carbocycles. The summed E-state index contributed by atoms with van der Waals surface area (Å²) in [6.45, 7) is 2.14. The standard InChI is InChI=1S/C10H11N/c1-8-6-7-11-10-5-3-2-4-9(8)10/h2,4,6-7H,3,5H2,1H3. The summed E-state index contributed by atoms with van der Waals surface area (Å²) >= 11 is 0. The molecule has 2 rings (SSSR count). The minimum atomic E-state index is 1.10. The fourth-order valence-electron chi connectivity index (χ4n) is 1.47. The van der Waals surface area contributed by atoms with Crippen LogP contribution in [-0.4, -0.2) is 4.98 Å². The maximum atomic E-state index is 4.33. The van der Waals surface area contributed by atoms with Gasteiger partial charge in [-0.1, -0.05) is 12.2 Å². The van der Waals surface area contributed by atoms with E-state index in [1.54, 1.807) is 0 Å². The van der Waals surface area contributed by atoms with Crippen molar-refractivity contribution in [3.63, 3.8) is 0 Å². The van der Waals surface area contributed by atoms with Gasteiger partial charge in [-0.25, -0.2) is 0 Å². The number of aryl methyl sites for hydroxylation is 2. The van der Waals surface area contributed by atoms with Crippen molar-refractivity contribution in [1.29, 1.82) is 0 Å². The summed E-state index contributed by atoms with van der Waals surface area (Å²) in [7, 11) is 0. The van der Waals surface area contributed by atoms with Crippen LogP contribution < -0.4 is 0 Å². The van der Waals surface area contributed by atoms with Crippen LogP contribution in [0.1, 0.15) is 23.2 Å². The summed E-state index contributed by atoms with van der Waals surface area (Å²) in [5.41, 5.74) is 3.93. The molecule has 0 saturated carbocycles. The molecule has 0 N–H and O–H groups in total. The predicted molar refractivity (Wildman–Crippen MR) is 46.3 cm³/mol. The zero-order chi connectivity index (χ0) is 7.68. The molecule has 0 bridgehead atoms. The Labute approximate surface area is 66.8 Å². The van der Waals surface area contributed by atoms with Crippen molar-refractivity contribution in [2.75, 3.05) is 0 Å². The van der Waals surface area contributed by atoms with Crippen LogP contribution in [0.5, 0.6) is 0 Å². The van der Waals surface area contributed by atoms with E-state index in [9.17, 15) is 0 Å². The second-order valence-electron chi connectivity index (χ2n) is 2.93. The van der Waals surface area contributed by atoms with Gasteiger partial charge in [0.1, 0.15) is 0 Å². The van der Waals surface area contributed by atoms with Crippen LogP contribution in [0.4, 0.5) is 0 Å². The smallest absolute Gasteiger partial charge is 0.0481 e. The average Bonchev–Trinajstić information content (AvgIpc) is 2.06. The van der Waals surface area contributed by atoms with E-state index in [1.165, 1.54) is 16.8 Å². The molecule has 1 aliphatic rings. The molecule has 56 valence electrons. The van der Waals surface area contributed by atoms with Gasteiger partial charge in [0.2, 0.25) is 0 Å². The number of nitrogens with zero attached hydrogens (tertiary/aromatic N) is 1. The van der Waals surface area contributed by atoms with Gasteiger partial charge in [-0.05, 0) is 37.0 Å². The SMILES string of the molecule is Cc1ccnc2c1C=CCC2. The molecule has 1 heterocycles. The van der Waals surface area contributed by atoms with Crippen molar-refractivity contribution in [2.45, 2.75) is 19.8 Å². The molecule has 1 aromatic heterocycles. The van der Waals surface area contributed by atoms with E-state index >= 15 is 0 Å². The Bertz CT molecular complexity index is 300. The number of pyridine rings is 1. The Morgan fingerprint density at radius 2 is 2.36 bits per heavy atom. The second kappa shape index (κ2) is 2.50. The summed E-state index contributed by atoms with van der Waals surface area (Å²) in [4.78, 5) is 4.33. The van der Waals surface area contributed by atoms with E-state index in [0.717, 1.165) is 12.8 Å². The van der Waals surface area contributed by atoms with E-state index in [4.69, 9.17) is 0 Å². The van der Waals surface area contributed by atoms with Crippen LogP contribution in [0.3, 0.4) is 0 Å². The highest BCUT2D eigenvalue weighted by atomic mass is 14.7. The first kappa shape index (κ1) is 6.59. The molecule has 11 heavy (non-hydrogen) atoms. The molecule has 0 spiro atoms. The molecule has 0 saturated heterocycles. The fourth-order valence-corrected chi connectivity index (χ4v) is 1.47. The number of allylic oxidation sites excluding steroid dienone is 1. The molecular formula is C10H11N. The van der Waals surface area contributed by atoms with Crippen LogP contribution in [0, 0.1) is 6.92 Å². The summed E-state index contributed by atoms with van der Waals surface area (Å²) in [5, 5.41) is 0. The van der Waals surface area contributed by atoms with Crippen LogP contribution in [0.2, 0.25) is 0 Å². The first-order chi connectivity index (χ1) is 5.38. The first-order valence-corrected chi connectivity index (χ1v) is 3.99. The van der Waals surface area contributed by atoms with Crippen molar-refractivity contribution in [2.24, 2.45) is 0 Å². The van der Waals surface area contributed by atoms with Crippen molar-refractivity contribution < 1.29 is 0 Å². The van der Waals surface area contributed by atoms with Gasteiger partial charge in [0.05, 0.1) is 0 Å². The Hall–Kier alpha value is -1.11. The van der Waals surface area contributed by atoms with Gasteiger partial charge in [0.15, 0.2) is 0 Å². The van der Waals surface area contributed by atoms with Gasteiger partial charge in [-0.2, -0.15) is 0 Å². The predicted octanol–water partition coefficient (Wildman–Crippen LogP) is 2.35. The maximum absolute atomic E-state index is 4.33. The highest BCUT2D eigenvalue weighted by Gasteiger charge is 2.06. The lowest BCUT2D eigenvalue weighted by atomic mass is 9.99. The topological polar surface area (TPSA) is 12.9 Å². The van der Waals surface area contributed by atoms with E-state index < -0.39 is 0 Å². The summed E-state index contributed by atoms with van der Waals surface area (Å²) in [6, 6.07) is 2.06. The number of hydrogen-bond donors (Lipinski definition) is 0. The molecule has 1 aromatic rings. The molecule has 1 nitrogen and oxygen atoms in total. The van der Waals surface area contributed by atoms with Gasteiger partial charge in [0, 0.05) is 11.9 Å². The largest absolute Gasteiger partial charge is 0.261 e. The van der Waals surface area contributed by atoms with E-state index in [-0.39, 0.29) is 0 Å². The Balaban J connectivity index is 2.60. The molecule has 1 heteroatoms. The van der Waals surface area contributed by atoms with E-state index in [1.807, 2.05) is 6.20 Å². The van der Waals surface area contributed by atoms with Crippen molar-refractivity contribution in [3.05, 3.63) is 35.2 Å². The normalized spacial score (nSPS) is 14.6. The van der Waals surface area contributed by atoms with Gasteiger partial charge in [-0.15, -0.1) is 0 Å². The quantitative estimate of drug-likeness (QED) is 0.546. The van der Waals surface area contributed by atoms with Crippen molar-refractivity contribution in [3.8, 4) is 0 Å². The lowest BCUT2D eigenvalue weighted by Gasteiger charge is -2.10. The van der Waals surface area contributed by atoms with Gasteiger partial charge < -0.3 is 0 Å². The van der Waals surface area contributed by atoms with E-state index in [0.29, 0.717) is 0 Å². The third-order valence-corrected chi connectivity index (χ3v) is 2.12. The van der Waals surface area contributed by atoms with Gasteiger partial charge in [-0.3, -0.25) is 4.98 Å². The number of rotatable bonds is 0. The second-order valence-corrected chi connectivity index (χ2v) is 2.93. The van der Waals surface area contributed by atoms with Crippen molar-refractivity contribution in [1.82, 2.24) is 4.98 Å². The third kappa shape index (κ3) is 1.07. The van der Waals surface area contributed by atoms with Crippen LogP contribution in [0.25, 0.3) is 6.08 Å². The maximum Gasteiger partial charge on any atom is 0.0481 e. The highest BCUT2D eigenvalue weighted by molar-refractivity contribution is 5.57. The number of aromatic nitrogens is 1. The summed E-state index contributed by atoms with van der Waals surface area (Å²) in [5.74, 6) is 0. The minimum Gasteiger partial charge on any atom is -0.261 e. The Kier molecular flexibility index (Phi) is 1.50. The molecule has 0 amide bonds. The van der Waals surface area contributed by atoms with Gasteiger partial charge in [0.25, 0.3) is 0 Å². The zero-order valence-corrected chi connectivity index (χ0v) is 6.67. The first-order valence-electron chi connectivity index (χ1n) is 3.99. The molecule has 1 aliphatic carbocycles. The molecule has 0 fully saturated rings. The average molecular weight is 145 g/mol. The lowest BCUT2D eigenvalue weighted by Crippen LogP contribution is -1.98. The van der Waals surface area contributed by atoms with E-state index in [2.05, 4.69) is 30.1 Å². The van der Waals surface area contributed by atoms with Gasteiger partial charge >= 0.3 is 0 Å². The number of hydrogen-bond acceptors (Lipinski definition) is 1. The van der Waals surface area contributed by atoms with Crippen LogP contribution in [-0.2, 0) is 6.42 Å². The molecule has 0 aliphatic heterocycles. The highest BCUT2D eigenvalue weighted by Crippen LogP contribution is 2.19. The van der Waals surface area contributed by atoms with Crippen molar-refractivity contribution >= 4 is 6.08 Å². The third-order valence-electron chi connectivity index (χ3n) is 2.12. The molecule has 0 atom stereocenters. The van der Waals surface area contributed by atoms with Crippen LogP contribution >= 0.6 is 0 Å². The lowest BCUT2D eigenvalue weighted by molar-refractivity contribution is 0.921.